The zero-order chi connectivity index (χ0) is 74.8. The minimum Gasteiger partial charge on any atom is -0.547 e. The first-order chi connectivity index (χ1) is 50.8. The van der Waals surface area contributed by atoms with E-state index in [0.717, 1.165) is 125 Å². The van der Waals surface area contributed by atoms with Crippen LogP contribution >= 0.6 is 0 Å². The number of benzene rings is 6. The van der Waals surface area contributed by atoms with Crippen molar-refractivity contribution in [2.45, 2.75) is 93.3 Å². The third kappa shape index (κ3) is 18.8. The van der Waals surface area contributed by atoms with E-state index in [-0.39, 0.29) is 18.1 Å². The van der Waals surface area contributed by atoms with Gasteiger partial charge in [0.1, 0.15) is 72.0 Å². The number of methoxy groups -OCH3 is 3. The number of ether oxygens (including phenoxy) is 3. The number of nitrogens with zero attached hydrogens (tertiary/aromatic N) is 3. The topological polar surface area (TPSA) is 321 Å². The molecule has 9 aromatic rings. The highest BCUT2D eigenvalue weighted by Gasteiger charge is 2.48. The lowest BCUT2D eigenvalue weighted by atomic mass is 9.73. The van der Waals surface area contributed by atoms with Crippen LogP contribution in [0.25, 0.3) is 32.7 Å². The number of rotatable bonds is 18. The summed E-state index contributed by atoms with van der Waals surface area (Å²) < 4.78 is 16.1. The summed E-state index contributed by atoms with van der Waals surface area (Å²) in [7, 11) is 5.00. The van der Waals surface area contributed by atoms with Gasteiger partial charge in [-0.05, 0) is 124 Å². The molecule has 3 unspecified atom stereocenters. The summed E-state index contributed by atoms with van der Waals surface area (Å²) in [6, 6.07) is 48.5. The van der Waals surface area contributed by atoms with Crippen LogP contribution in [0.4, 0.5) is 0 Å². The van der Waals surface area contributed by atoms with Gasteiger partial charge >= 0.3 is 0 Å². The van der Waals surface area contributed by atoms with Crippen LogP contribution in [0.15, 0.2) is 220 Å². The van der Waals surface area contributed by atoms with Crippen LogP contribution in [0.5, 0.6) is 17.2 Å². The number of nitrogens with one attached hydrogen (secondary N) is 3. The molecule has 6 bridgehead atoms. The molecule has 0 radical (unpaired) electrons. The van der Waals surface area contributed by atoms with E-state index in [9.17, 15) is 45.0 Å². The Bertz CT molecular complexity index is 3940. The lowest BCUT2D eigenvalue weighted by molar-refractivity contribution is -0.949. The number of aliphatic carboxylic acids is 3. The van der Waals surface area contributed by atoms with Gasteiger partial charge in [0.25, 0.3) is 0 Å². The van der Waals surface area contributed by atoms with E-state index in [0.29, 0.717) is 52.2 Å². The van der Waals surface area contributed by atoms with E-state index in [2.05, 4.69) is 52.9 Å². The van der Waals surface area contributed by atoms with Crippen molar-refractivity contribution < 1.29 is 89.3 Å². The number of hydrogen-bond donors (Lipinski definition) is 9. The minimum atomic E-state index is -1.52. The Morgan fingerprint density at radius 3 is 0.876 bits per heavy atom. The van der Waals surface area contributed by atoms with Crippen molar-refractivity contribution in [3.63, 3.8) is 0 Å². The van der Waals surface area contributed by atoms with E-state index in [1.807, 2.05) is 72.8 Å². The molecule has 9 fully saturated rings. The fraction of sp³-hybridized carbons (Fsp3) is 0.357. The number of carboxylic acid groups (broad SMARTS) is 3. The maximum Gasteiger partial charge on any atom is 0.131 e. The molecule has 0 saturated carbocycles. The second kappa shape index (κ2) is 36.8. The van der Waals surface area contributed by atoms with E-state index in [1.54, 1.807) is 94.5 Å². The number of aliphatic hydroxyl groups is 6. The van der Waals surface area contributed by atoms with Gasteiger partial charge in [0.15, 0.2) is 0 Å². The van der Waals surface area contributed by atoms with Crippen LogP contribution in [-0.4, -0.2) is 142 Å². The summed E-state index contributed by atoms with van der Waals surface area (Å²) >= 11 is 0. The lowest BCUT2D eigenvalue weighted by Crippen LogP contribution is -3.20. The number of carboxylic acids is 3. The second-order valence-electron chi connectivity index (χ2n) is 27.8. The number of fused-ring (bicyclic) bond motifs is 12. The number of aromatic nitrogens is 3. The molecule has 6 aromatic carbocycles. The van der Waals surface area contributed by atoms with Crippen molar-refractivity contribution >= 4 is 50.6 Å². The highest BCUT2D eigenvalue weighted by Crippen LogP contribution is 2.39. The van der Waals surface area contributed by atoms with Gasteiger partial charge in [0, 0.05) is 91.0 Å². The molecule has 21 heteroatoms. The highest BCUT2D eigenvalue weighted by molar-refractivity contribution is 5.86. The number of quaternary nitrogens is 3. The van der Waals surface area contributed by atoms with Crippen LogP contribution < -0.4 is 44.2 Å². The van der Waals surface area contributed by atoms with Gasteiger partial charge in [-0.1, -0.05) is 109 Å². The Hall–Kier alpha value is -9.78. The highest BCUT2D eigenvalue weighted by atomic mass is 16.5. The molecule has 9 aliphatic rings. The predicted octanol–water partition coefficient (Wildman–Crippen LogP) is 3.68. The van der Waals surface area contributed by atoms with Crippen molar-refractivity contribution in [1.29, 1.82) is 0 Å². The maximum atomic E-state index is 11.2. The first-order valence-corrected chi connectivity index (χ1v) is 35.8. The average Bonchev–Trinajstić information content (AvgIpc) is 0.778. The molecule has 9 saturated heterocycles. The van der Waals surface area contributed by atoms with Crippen LogP contribution in [-0.2, 0) is 14.4 Å². The Balaban J connectivity index is 0.000000140. The molecule has 0 spiro atoms. The molecule has 0 aliphatic carbocycles. The SMILES string of the molecule is C=C[C@H]1C[NH+]2CC[C@H]1C[C@H]2[C@H](O)c1ccnc2ccc(OC)cc12.C=C[C@H]1C[NH+]2CC[C@H]1C[C@H]2[C@H](O)c1ccnc2ccc(OC)cc12.C=C[C@H]1C[NH+]2CC[C@H]1C[C@H]2[C@H](O)c1ccnc2ccc(OC)cc12.O=C([O-])[C@@H](O)c1ccccc1.O=C([O-])[C@H](O)c1ccccc1.O=C([O-])[C@H](O)c1ccccc1. The Labute approximate surface area is 612 Å². The zero-order valence-electron chi connectivity index (χ0n) is 59.5. The average molecular weight is 1430 g/mol. The van der Waals surface area contributed by atoms with Crippen LogP contribution in [0.1, 0.15) is 109 Å². The van der Waals surface area contributed by atoms with Crippen molar-refractivity contribution in [2.24, 2.45) is 35.5 Å². The molecule has 105 heavy (non-hydrogen) atoms. The molecule has 9 aliphatic heterocycles. The summed E-state index contributed by atoms with van der Waals surface area (Å²) in [4.78, 5) is 48.3. The summed E-state index contributed by atoms with van der Waals surface area (Å²) in [5, 5.41) is 93.7. The van der Waals surface area contributed by atoms with E-state index >= 15 is 0 Å². The monoisotopic (exact) mass is 1430 g/mol. The van der Waals surface area contributed by atoms with E-state index in [4.69, 9.17) is 29.5 Å². The molecule has 18 atom stereocenters. The zero-order valence-corrected chi connectivity index (χ0v) is 59.5. The van der Waals surface area contributed by atoms with Crippen LogP contribution in [0.2, 0.25) is 0 Å². The maximum absolute atomic E-state index is 11.2. The molecule has 9 N–H and O–H groups in total. The normalized spacial score (nSPS) is 24.7. The quantitative estimate of drug-likeness (QED) is 0.0554. The first kappa shape index (κ1) is 77.8. The van der Waals surface area contributed by atoms with Gasteiger partial charge < -0.3 is 89.3 Å². The fourth-order valence-electron chi connectivity index (χ4n) is 16.3. The van der Waals surface area contributed by atoms with Gasteiger partial charge in [-0.2, -0.15) is 0 Å². The Morgan fingerprint density at radius 1 is 0.410 bits per heavy atom. The third-order valence-corrected chi connectivity index (χ3v) is 22.0. The van der Waals surface area contributed by atoms with Gasteiger partial charge in [0.2, 0.25) is 0 Å². The van der Waals surface area contributed by atoms with Crippen molar-refractivity contribution in [1.82, 2.24) is 15.0 Å². The largest absolute Gasteiger partial charge is 0.547 e. The summed E-state index contributed by atoms with van der Waals surface area (Å²) in [5.41, 5.74) is 6.65. The minimum absolute atomic E-state index is 0.261. The molecular weight excluding hydrogens is 1330 g/mol. The van der Waals surface area contributed by atoms with Gasteiger partial charge in [-0.15, -0.1) is 19.7 Å². The second-order valence-corrected chi connectivity index (χ2v) is 27.8. The van der Waals surface area contributed by atoms with Gasteiger partial charge in [-0.25, -0.2) is 0 Å². The van der Waals surface area contributed by atoms with E-state index in [1.165, 1.54) is 70.4 Å². The van der Waals surface area contributed by atoms with E-state index < -0.39 is 54.5 Å². The number of aliphatic hydroxyl groups excluding tert-OH is 6. The molecule has 3 aromatic heterocycles. The van der Waals surface area contributed by atoms with Gasteiger partial charge in [0.05, 0.1) is 95.1 Å². The molecule has 18 rings (SSSR count). The molecule has 0 amide bonds. The van der Waals surface area contributed by atoms with Crippen molar-refractivity contribution in [3.05, 3.63) is 254 Å². The Kier molecular flexibility index (Phi) is 27.3. The van der Waals surface area contributed by atoms with Crippen LogP contribution in [0, 0.1) is 35.5 Å². The fourth-order valence-corrected chi connectivity index (χ4v) is 16.3. The lowest BCUT2D eigenvalue weighted by Gasteiger charge is -2.47. The van der Waals surface area contributed by atoms with Crippen LogP contribution in [0.3, 0.4) is 0 Å². The molecule has 552 valence electrons. The molecule has 21 nitrogen and oxygen atoms in total. The van der Waals surface area contributed by atoms with Crippen molar-refractivity contribution in [2.75, 3.05) is 60.6 Å². The molecular formula is C84H96N6O15. The summed E-state index contributed by atoms with van der Waals surface area (Å²) in [6.07, 6.45) is 12.7. The number of carbonyl (C=O) groups is 3. The van der Waals surface area contributed by atoms with Crippen molar-refractivity contribution in [3.8, 4) is 17.2 Å². The number of piperidine rings is 9. The summed E-state index contributed by atoms with van der Waals surface area (Å²) in [5.74, 6) is 1.79. The summed E-state index contributed by atoms with van der Waals surface area (Å²) in [6.45, 7) is 18.7. The number of carbonyl (C=O) groups excluding carboxylic acids is 3. The molecule has 12 heterocycles. The predicted molar refractivity (Wildman–Crippen MR) is 392 cm³/mol. The third-order valence-electron chi connectivity index (χ3n) is 22.0. The Morgan fingerprint density at radius 2 is 0.667 bits per heavy atom. The number of hydrogen-bond acceptors (Lipinski definition) is 18. The number of pyridine rings is 3. The smallest absolute Gasteiger partial charge is 0.131 e. The van der Waals surface area contributed by atoms with Gasteiger partial charge in [-0.3, -0.25) is 15.0 Å². The standard InChI is InChI=1S/3C20H24N2O2.3C8H8O3/c3*1-3-13-12-22-9-7-14(13)10-19(22)20(23)16-6-8-21-18-5-4-15(24-2)11-17(16)18;3*9-7(8(10)11)6-4-2-1-3-5-6/h3*3-6,8,11,13-14,19-20,23H,1,7,9-10,12H2,2H3;3*1-5,7,9H,(H,10,11)/t3*13-,14-,19-,20+;3*7-/m000110/s1. The first-order valence-electron chi connectivity index (χ1n) is 35.8.